The zero-order valence-electron chi connectivity index (χ0n) is 22.6. The maximum Gasteiger partial charge on any atom is 0.316 e. The smallest absolute Gasteiger partial charge is 0.316 e. The lowest BCUT2D eigenvalue weighted by Crippen LogP contribution is -2.50. The van der Waals surface area contributed by atoms with E-state index in [-0.39, 0.29) is 46.1 Å². The van der Waals surface area contributed by atoms with Gasteiger partial charge in [0, 0.05) is 24.6 Å². The van der Waals surface area contributed by atoms with Gasteiger partial charge in [0.2, 0.25) is 17.7 Å². The monoisotopic (exact) mass is 719 g/mol. The number of ether oxygens (including phenoxy) is 1. The summed E-state index contributed by atoms with van der Waals surface area (Å²) in [6, 6.07) is 8.66. The van der Waals surface area contributed by atoms with Crippen LogP contribution in [0.1, 0.15) is 17.5 Å². The van der Waals surface area contributed by atoms with Crippen molar-refractivity contribution in [2.75, 3.05) is 16.3 Å². The van der Waals surface area contributed by atoms with Gasteiger partial charge in [-0.25, -0.2) is 4.90 Å². The minimum Gasteiger partial charge on any atom is -0.426 e. The number of nitro benzene ring substituents is 1. The number of anilines is 2. The van der Waals surface area contributed by atoms with E-state index in [2.05, 4.69) is 0 Å². The molecule has 10 nitrogen and oxygen atoms in total. The summed E-state index contributed by atoms with van der Waals surface area (Å²) in [5, 5.41) is 10.9. The lowest BCUT2D eigenvalue weighted by Gasteiger charge is -2.34. The summed E-state index contributed by atoms with van der Waals surface area (Å²) < 4.78 is 3.48. The number of nitro groups is 1. The Kier molecular flexibility index (Phi) is 7.28. The maximum atomic E-state index is 13.7. The highest BCUT2D eigenvalue weighted by atomic mass is 35.5. The molecule has 2 heterocycles. The minimum atomic E-state index is -2.05. The molecule has 0 spiro atoms. The highest BCUT2D eigenvalue weighted by molar-refractivity contribution is 6.67. The standard InChI is InChI=1S/C28H19Cl6N3O7/c1-11-3-4-14(9-17(11)37(42)43)35-10-13(8-18(35)38)25(41)44-15-5-6-16(12(2)7-15)36-23(39)19-20(24(36)40)27(32)22(30)21(29)26(19,31)28(27,33)34/h3-7,9,13,19-20H,8,10H2,1-2H3/t13-,19-,20+,26-,27-/m1/s1. The molecule has 3 fully saturated rings. The van der Waals surface area contributed by atoms with E-state index in [0.29, 0.717) is 16.8 Å². The molecule has 2 aromatic carbocycles. The zero-order valence-corrected chi connectivity index (χ0v) is 27.1. The van der Waals surface area contributed by atoms with E-state index >= 15 is 0 Å². The van der Waals surface area contributed by atoms with Crippen molar-refractivity contribution in [2.45, 2.75) is 34.3 Å². The third kappa shape index (κ3) is 3.94. The van der Waals surface area contributed by atoms with Crippen molar-refractivity contribution in [1.29, 1.82) is 0 Å². The van der Waals surface area contributed by atoms with Gasteiger partial charge in [0.25, 0.3) is 5.69 Å². The summed E-state index contributed by atoms with van der Waals surface area (Å²) in [5.74, 6) is -5.86. The number of halogens is 6. The molecule has 0 aromatic heterocycles. The summed E-state index contributed by atoms with van der Waals surface area (Å²) in [4.78, 5) is 62.2. The summed E-state index contributed by atoms with van der Waals surface area (Å²) >= 11 is 39.3. The largest absolute Gasteiger partial charge is 0.426 e. The Hall–Kier alpha value is -2.60. The summed E-state index contributed by atoms with van der Waals surface area (Å²) in [6.45, 7) is 3.15. The number of alkyl halides is 4. The number of imide groups is 1. The van der Waals surface area contributed by atoms with Gasteiger partial charge >= 0.3 is 5.97 Å². The first-order valence-electron chi connectivity index (χ1n) is 13.1. The number of carbonyl (C=O) groups is 4. The number of rotatable bonds is 5. The Balaban J connectivity index is 1.20. The molecule has 6 rings (SSSR count). The fourth-order valence-electron chi connectivity index (χ4n) is 6.45. The molecule has 1 saturated carbocycles. The molecule has 4 aliphatic rings. The number of esters is 1. The second-order valence-electron chi connectivity index (χ2n) is 11.1. The number of allylic oxidation sites excluding steroid dienone is 2. The van der Waals surface area contributed by atoms with Gasteiger partial charge in [0.05, 0.1) is 44.1 Å². The van der Waals surface area contributed by atoms with Crippen LogP contribution < -0.4 is 14.5 Å². The molecule has 5 atom stereocenters. The molecular formula is C28H19Cl6N3O7. The highest BCUT2D eigenvalue weighted by Crippen LogP contribution is 2.77. The van der Waals surface area contributed by atoms with Gasteiger partial charge in [-0.1, -0.05) is 52.5 Å². The molecule has 3 amide bonds. The molecule has 44 heavy (non-hydrogen) atoms. The van der Waals surface area contributed by atoms with Crippen molar-refractivity contribution in [2.24, 2.45) is 17.8 Å². The van der Waals surface area contributed by atoms with Crippen molar-refractivity contribution in [3.63, 3.8) is 0 Å². The Morgan fingerprint density at radius 3 is 2.07 bits per heavy atom. The van der Waals surface area contributed by atoms with Gasteiger partial charge in [-0.05, 0) is 43.7 Å². The molecule has 2 aliphatic heterocycles. The Labute approximate surface area is 279 Å². The topological polar surface area (TPSA) is 127 Å². The Morgan fingerprint density at radius 2 is 1.52 bits per heavy atom. The van der Waals surface area contributed by atoms with E-state index in [4.69, 9.17) is 74.3 Å². The molecule has 2 aromatic rings. The number of hydrogen-bond donors (Lipinski definition) is 0. The molecular weight excluding hydrogens is 703 g/mol. The fraction of sp³-hybridized carbons (Fsp3) is 0.357. The normalized spacial score (nSPS) is 30.5. The van der Waals surface area contributed by atoms with Crippen LogP contribution in [0.5, 0.6) is 5.75 Å². The number of carbonyl (C=O) groups excluding carboxylic acids is 4. The van der Waals surface area contributed by atoms with Gasteiger partial charge in [0.1, 0.15) is 15.5 Å². The number of nitrogens with zero attached hydrogens (tertiary/aromatic N) is 3. The highest BCUT2D eigenvalue weighted by Gasteiger charge is 2.87. The SMILES string of the molecule is Cc1cc(OC(=O)[C@@H]2CC(=O)N(c3ccc(C)c([N+](=O)[O-])c3)C2)ccc1N1C(=O)[C@@H]2[C@H](C1=O)[C@@]1(Cl)C(Cl)=C(Cl)[C@@]2(Cl)C1(Cl)Cl. The molecule has 16 heteroatoms. The number of fused-ring (bicyclic) bond motifs is 5. The average Bonchev–Trinajstić information content (AvgIpc) is 3.54. The molecule has 2 saturated heterocycles. The van der Waals surface area contributed by atoms with Gasteiger partial charge in [-0.2, -0.15) is 0 Å². The van der Waals surface area contributed by atoms with Gasteiger partial charge in [0.15, 0.2) is 4.33 Å². The van der Waals surface area contributed by atoms with E-state index < -0.39 is 54.5 Å². The molecule has 0 radical (unpaired) electrons. The van der Waals surface area contributed by atoms with E-state index in [9.17, 15) is 29.3 Å². The predicted molar refractivity (Wildman–Crippen MR) is 165 cm³/mol. The van der Waals surface area contributed by atoms with E-state index in [1.165, 1.54) is 35.2 Å². The van der Waals surface area contributed by atoms with Crippen LogP contribution in [0.15, 0.2) is 46.5 Å². The van der Waals surface area contributed by atoms with Gasteiger partial charge < -0.3 is 9.64 Å². The van der Waals surface area contributed by atoms with E-state index in [0.717, 1.165) is 4.90 Å². The van der Waals surface area contributed by atoms with Crippen molar-refractivity contribution >= 4 is 110 Å². The third-order valence-electron chi connectivity index (χ3n) is 8.70. The quantitative estimate of drug-likeness (QED) is 0.0909. The van der Waals surface area contributed by atoms with Gasteiger partial charge in [-0.3, -0.25) is 29.3 Å². The predicted octanol–water partition coefficient (Wildman–Crippen LogP) is 6.12. The Bertz CT molecular complexity index is 1720. The molecule has 2 bridgehead atoms. The molecule has 230 valence electrons. The number of hydrogen-bond acceptors (Lipinski definition) is 7. The molecule has 0 N–H and O–H groups in total. The first kappa shape index (κ1) is 31.4. The first-order valence-corrected chi connectivity index (χ1v) is 15.3. The number of benzene rings is 2. The molecule has 0 unspecified atom stereocenters. The number of aryl methyl sites for hydroxylation is 2. The number of amides is 3. The second-order valence-corrected chi connectivity index (χ2v) is 14.4. The second kappa shape index (κ2) is 10.2. The Morgan fingerprint density at radius 1 is 0.932 bits per heavy atom. The lowest BCUT2D eigenvalue weighted by atomic mass is 9.84. The van der Waals surface area contributed by atoms with Crippen molar-refractivity contribution in [3.8, 4) is 5.75 Å². The van der Waals surface area contributed by atoms with Crippen LogP contribution >= 0.6 is 69.6 Å². The summed E-state index contributed by atoms with van der Waals surface area (Å²) in [7, 11) is 0. The van der Waals surface area contributed by atoms with E-state index in [1.807, 2.05) is 0 Å². The summed E-state index contributed by atoms with van der Waals surface area (Å²) in [5.41, 5.74) is 1.17. The van der Waals surface area contributed by atoms with Crippen molar-refractivity contribution < 1.29 is 28.8 Å². The third-order valence-corrected chi connectivity index (χ3v) is 13.0. The van der Waals surface area contributed by atoms with Gasteiger partial charge in [-0.15, -0.1) is 23.2 Å². The zero-order chi connectivity index (χ0) is 32.3. The first-order chi connectivity index (χ1) is 20.5. The van der Waals surface area contributed by atoms with Crippen LogP contribution in [-0.4, -0.2) is 49.2 Å². The van der Waals surface area contributed by atoms with Crippen molar-refractivity contribution in [1.82, 2.24) is 0 Å². The van der Waals surface area contributed by atoms with Crippen LogP contribution in [0.4, 0.5) is 17.1 Å². The fourth-order valence-corrected chi connectivity index (χ4v) is 9.38. The van der Waals surface area contributed by atoms with Crippen LogP contribution in [0.2, 0.25) is 0 Å². The van der Waals surface area contributed by atoms with Crippen molar-refractivity contribution in [3.05, 3.63) is 67.7 Å². The van der Waals surface area contributed by atoms with Crippen LogP contribution in [0.3, 0.4) is 0 Å². The van der Waals surface area contributed by atoms with E-state index in [1.54, 1.807) is 19.9 Å². The lowest BCUT2D eigenvalue weighted by molar-refractivity contribution is -0.385. The average molecular weight is 722 g/mol. The minimum absolute atomic E-state index is 0.0311. The molecule has 2 aliphatic carbocycles. The van der Waals surface area contributed by atoms with Crippen LogP contribution in [0, 0.1) is 41.7 Å². The maximum absolute atomic E-state index is 13.7. The van der Waals surface area contributed by atoms with Crippen LogP contribution in [0.25, 0.3) is 0 Å². The van der Waals surface area contributed by atoms with Crippen LogP contribution in [-0.2, 0) is 19.2 Å². The summed E-state index contributed by atoms with van der Waals surface area (Å²) in [6.07, 6.45) is -0.153.